The molecule has 0 aromatic heterocycles. The molecule has 0 saturated carbocycles. The predicted molar refractivity (Wildman–Crippen MR) is 339 cm³/mol. The fraction of sp³-hybridized carbons (Fsp3) is 0.109. The number of aryl methyl sites for hydroxylation is 1. The van der Waals surface area contributed by atoms with Crippen LogP contribution in [0, 0.1) is 17.0 Å². The monoisotopic (exact) mass is 1240 g/mol. The number of non-ortho nitro benzene ring substituents is 1. The number of carbonyl (C=O) groups is 3. The molecule has 0 saturated heterocycles. The molecule has 9 aromatic carbocycles. The molecular formula is C64H54Cl4N4O8S3. The van der Waals surface area contributed by atoms with Gasteiger partial charge in [-0.15, -0.1) is 0 Å². The molecule has 6 N–H and O–H groups in total. The molecule has 0 heterocycles. The van der Waals surface area contributed by atoms with E-state index in [1.165, 1.54) is 68.4 Å². The first-order valence-corrected chi connectivity index (χ1v) is 29.3. The highest BCUT2D eigenvalue weighted by Gasteiger charge is 2.17. The minimum absolute atomic E-state index is 0.0435. The standard InChI is InChI=1S/C22H20ClNO2S.C21H17Cl2NO2S.C21H17ClN2O4S/c1-14-7-9-18(10-8-14)27-21-6-4-3-5-16(21)13-24-20-12-17(23)11-19(15(2)25)22(20)26;1-13(25)18-10-16(23)11-19(21(18)26)24-12-14-4-2-3-5-20(14)27-17-8-6-15(22)7-9-17;1-13(25)18-10-15(22)11-19(21(18)26)23-12-14-4-2-3-5-20(14)29-17-8-6-16(7-9-17)24(27)28/h3-12,24,26H,13H2,1-2H3;2-11,24,26H,12H2,1H3;2-11,23,26H,12H2,1H3. The summed E-state index contributed by atoms with van der Waals surface area (Å²) in [5.41, 5.74) is 6.20. The number of nitro benzene ring substituents is 1. The second-order valence-electron chi connectivity index (χ2n) is 18.4. The van der Waals surface area contributed by atoms with Crippen molar-refractivity contribution in [2.45, 2.75) is 76.7 Å². The number of benzene rings is 9. The van der Waals surface area contributed by atoms with Crippen LogP contribution in [0.2, 0.25) is 20.1 Å². The van der Waals surface area contributed by atoms with Crippen molar-refractivity contribution in [1.82, 2.24) is 0 Å². The summed E-state index contributed by atoms with van der Waals surface area (Å²) < 4.78 is 0. The Morgan fingerprint density at radius 2 is 0.723 bits per heavy atom. The Balaban J connectivity index is 0.000000179. The minimum Gasteiger partial charge on any atom is -0.505 e. The Kier molecular flexibility index (Phi) is 22.8. The van der Waals surface area contributed by atoms with Crippen molar-refractivity contribution in [3.05, 3.63) is 251 Å². The van der Waals surface area contributed by atoms with E-state index in [9.17, 15) is 39.8 Å². The van der Waals surface area contributed by atoms with Crippen LogP contribution in [0.5, 0.6) is 17.2 Å². The van der Waals surface area contributed by atoms with Gasteiger partial charge in [0.25, 0.3) is 5.69 Å². The molecule has 0 fully saturated rings. The number of halogens is 4. The van der Waals surface area contributed by atoms with E-state index in [1.54, 1.807) is 53.9 Å². The third-order valence-corrected chi connectivity index (χ3v) is 16.5. The highest BCUT2D eigenvalue weighted by atomic mass is 35.5. The summed E-state index contributed by atoms with van der Waals surface area (Å²) in [6, 6.07) is 55.3. The van der Waals surface area contributed by atoms with Gasteiger partial charge in [-0.3, -0.25) is 24.5 Å². The first-order valence-electron chi connectivity index (χ1n) is 25.4. The summed E-state index contributed by atoms with van der Waals surface area (Å²) >= 11 is 29.0. The first kappa shape index (κ1) is 63.0. The van der Waals surface area contributed by atoms with Gasteiger partial charge in [0, 0.05) is 81.2 Å². The molecule has 0 atom stereocenters. The summed E-state index contributed by atoms with van der Waals surface area (Å²) in [5.74, 6) is -1.04. The fourth-order valence-electron chi connectivity index (χ4n) is 7.95. The Morgan fingerprint density at radius 1 is 0.434 bits per heavy atom. The van der Waals surface area contributed by atoms with Crippen LogP contribution in [-0.2, 0) is 19.6 Å². The molecule has 12 nitrogen and oxygen atoms in total. The van der Waals surface area contributed by atoms with E-state index in [4.69, 9.17) is 46.4 Å². The van der Waals surface area contributed by atoms with Gasteiger partial charge in [-0.2, -0.15) is 0 Å². The van der Waals surface area contributed by atoms with Crippen LogP contribution in [0.3, 0.4) is 0 Å². The maximum absolute atomic E-state index is 11.7. The average molecular weight is 1250 g/mol. The summed E-state index contributed by atoms with van der Waals surface area (Å²) in [7, 11) is 0. The molecule has 424 valence electrons. The summed E-state index contributed by atoms with van der Waals surface area (Å²) in [4.78, 5) is 51.7. The van der Waals surface area contributed by atoms with E-state index < -0.39 is 4.92 Å². The number of carbonyl (C=O) groups excluding carboxylic acids is 3. The molecule has 19 heteroatoms. The third kappa shape index (κ3) is 18.2. The number of Topliss-reactive ketones (excluding diaryl/α,β-unsaturated/α-hetero) is 3. The molecule has 0 aliphatic rings. The molecule has 9 aromatic rings. The van der Waals surface area contributed by atoms with E-state index in [1.807, 2.05) is 91.0 Å². The number of phenols is 3. The molecule has 0 aliphatic heterocycles. The molecule has 83 heavy (non-hydrogen) atoms. The van der Waals surface area contributed by atoms with E-state index in [2.05, 4.69) is 53.2 Å². The Labute approximate surface area is 513 Å². The minimum atomic E-state index is -0.431. The van der Waals surface area contributed by atoms with Crippen LogP contribution in [0.25, 0.3) is 0 Å². The van der Waals surface area contributed by atoms with Crippen LogP contribution in [-0.4, -0.2) is 37.6 Å². The van der Waals surface area contributed by atoms with Crippen molar-refractivity contribution in [1.29, 1.82) is 0 Å². The number of nitro groups is 1. The molecule has 9 rings (SSSR count). The van der Waals surface area contributed by atoms with Gasteiger partial charge in [-0.25, -0.2) is 0 Å². The molecule has 0 aliphatic carbocycles. The zero-order valence-electron chi connectivity index (χ0n) is 45.0. The molecule has 0 radical (unpaired) electrons. The van der Waals surface area contributed by atoms with Crippen molar-refractivity contribution in [2.75, 3.05) is 16.0 Å². The van der Waals surface area contributed by atoms with E-state index in [-0.39, 0.29) is 57.0 Å². The molecular weight excluding hydrogens is 1190 g/mol. The summed E-state index contributed by atoms with van der Waals surface area (Å²) in [5, 5.41) is 53.2. The van der Waals surface area contributed by atoms with Crippen molar-refractivity contribution in [3.8, 4) is 17.2 Å². The lowest BCUT2D eigenvalue weighted by Gasteiger charge is -2.14. The Hall–Kier alpha value is -7.60. The number of hydrogen-bond donors (Lipinski definition) is 6. The van der Waals surface area contributed by atoms with Crippen molar-refractivity contribution >= 4 is 122 Å². The molecule has 0 bridgehead atoms. The average Bonchev–Trinajstić information content (AvgIpc) is 3.46. The van der Waals surface area contributed by atoms with Gasteiger partial charge in [0.1, 0.15) is 17.2 Å². The second kappa shape index (κ2) is 30.1. The number of nitrogens with one attached hydrogen (secondary N) is 3. The van der Waals surface area contributed by atoms with E-state index in [0.29, 0.717) is 56.8 Å². The summed E-state index contributed by atoms with van der Waals surface area (Å²) in [6.07, 6.45) is 0. The predicted octanol–water partition coefficient (Wildman–Crippen LogP) is 18.9. The largest absolute Gasteiger partial charge is 0.505 e. The maximum atomic E-state index is 11.7. The topological polar surface area (TPSA) is 191 Å². The van der Waals surface area contributed by atoms with E-state index in [0.717, 1.165) is 46.1 Å². The number of nitrogens with zero attached hydrogens (tertiary/aromatic N) is 1. The maximum Gasteiger partial charge on any atom is 0.269 e. The van der Waals surface area contributed by atoms with Crippen LogP contribution in [0.1, 0.15) is 74.1 Å². The SMILES string of the molecule is CC(=O)c1cc(Cl)cc(NCc2ccccc2Sc2ccc(C)cc2)c1O.CC(=O)c1cc(Cl)cc(NCc2ccccc2Sc2ccc(Cl)cc2)c1O.CC(=O)c1cc(Cl)cc(NCc2ccccc2Sc2ccc([N+](=O)[O-])cc2)c1O. The molecule has 0 spiro atoms. The van der Waals surface area contributed by atoms with Crippen molar-refractivity contribution < 1.29 is 34.6 Å². The Bertz CT molecular complexity index is 3640. The van der Waals surface area contributed by atoms with Gasteiger partial charge >= 0.3 is 0 Å². The van der Waals surface area contributed by atoms with Crippen molar-refractivity contribution in [3.63, 3.8) is 0 Å². The van der Waals surface area contributed by atoms with Gasteiger partial charge < -0.3 is 31.3 Å². The van der Waals surface area contributed by atoms with Crippen LogP contribution < -0.4 is 16.0 Å². The smallest absolute Gasteiger partial charge is 0.269 e. The lowest BCUT2D eigenvalue weighted by atomic mass is 10.1. The lowest BCUT2D eigenvalue weighted by molar-refractivity contribution is -0.384. The number of hydrogen-bond acceptors (Lipinski definition) is 14. The van der Waals surface area contributed by atoms with Gasteiger partial charge in [0.05, 0.1) is 38.7 Å². The highest BCUT2D eigenvalue weighted by molar-refractivity contribution is 8.00. The first-order chi connectivity index (χ1) is 39.7. The van der Waals surface area contributed by atoms with Gasteiger partial charge in [-0.1, -0.05) is 154 Å². The Morgan fingerprint density at radius 3 is 1.02 bits per heavy atom. The second-order valence-corrected chi connectivity index (χ2v) is 23.5. The highest BCUT2D eigenvalue weighted by Crippen LogP contribution is 2.39. The van der Waals surface area contributed by atoms with Gasteiger partial charge in [0.2, 0.25) is 0 Å². The zero-order chi connectivity index (χ0) is 59.7. The molecule has 0 amide bonds. The normalized spacial score (nSPS) is 10.6. The number of aromatic hydroxyl groups is 3. The summed E-state index contributed by atoms with van der Waals surface area (Å²) in [6.45, 7) is 7.60. The quantitative estimate of drug-likeness (QED) is 0.0194. The van der Waals surface area contributed by atoms with Crippen LogP contribution in [0.15, 0.2) is 211 Å². The lowest BCUT2D eigenvalue weighted by Crippen LogP contribution is -2.03. The number of phenolic OH excluding ortho intramolecular Hbond substituents is 3. The number of rotatable bonds is 19. The fourth-order valence-corrected chi connectivity index (χ4v) is 11.6. The third-order valence-electron chi connectivity index (χ3n) is 12.3. The zero-order valence-corrected chi connectivity index (χ0v) is 50.5. The van der Waals surface area contributed by atoms with Crippen LogP contribution in [0.4, 0.5) is 22.7 Å². The van der Waals surface area contributed by atoms with Gasteiger partial charge in [-0.05, 0) is 148 Å². The molecule has 0 unspecified atom stereocenters. The van der Waals surface area contributed by atoms with Crippen molar-refractivity contribution in [2.24, 2.45) is 0 Å². The van der Waals surface area contributed by atoms with Crippen LogP contribution >= 0.6 is 81.7 Å². The number of ketones is 3. The number of anilines is 3. The van der Waals surface area contributed by atoms with Gasteiger partial charge in [0.15, 0.2) is 17.3 Å². The van der Waals surface area contributed by atoms with E-state index >= 15 is 0 Å².